The van der Waals surface area contributed by atoms with Crippen LogP contribution in [0.25, 0.3) is 22.2 Å². The smallest absolute Gasteiger partial charge is 0.257 e. The Labute approximate surface area is 197 Å². The van der Waals surface area contributed by atoms with Crippen molar-refractivity contribution >= 4 is 40.1 Å². The Morgan fingerprint density at radius 3 is 2.29 bits per heavy atom. The first kappa shape index (κ1) is 21.3. The molecule has 0 radical (unpaired) electrons. The second-order valence-corrected chi connectivity index (χ2v) is 7.96. The van der Waals surface area contributed by atoms with Crippen LogP contribution in [0.2, 0.25) is 0 Å². The van der Waals surface area contributed by atoms with Crippen molar-refractivity contribution in [3.8, 4) is 0 Å². The van der Waals surface area contributed by atoms with E-state index in [1.165, 1.54) is 10.2 Å². The van der Waals surface area contributed by atoms with Gasteiger partial charge in [0.25, 0.3) is 5.91 Å². The maximum atomic E-state index is 13.2. The summed E-state index contributed by atoms with van der Waals surface area (Å²) in [4.78, 5) is 22.6. The highest BCUT2D eigenvalue weighted by atomic mass is 16.1. The predicted octanol–water partition coefficient (Wildman–Crippen LogP) is 4.41. The molecular formula is C27H24N6O. The van der Waals surface area contributed by atoms with E-state index in [0.29, 0.717) is 28.7 Å². The van der Waals surface area contributed by atoms with Crippen LogP contribution in [0, 0.1) is 0 Å². The molecule has 0 saturated carbocycles. The van der Waals surface area contributed by atoms with Gasteiger partial charge in [0.2, 0.25) is 0 Å². The molecule has 7 nitrogen and oxygen atoms in total. The lowest BCUT2D eigenvalue weighted by Crippen LogP contribution is -2.25. The molecule has 34 heavy (non-hydrogen) atoms. The van der Waals surface area contributed by atoms with E-state index in [-0.39, 0.29) is 17.3 Å². The maximum Gasteiger partial charge on any atom is 0.257 e. The van der Waals surface area contributed by atoms with Crippen molar-refractivity contribution in [2.45, 2.75) is 12.8 Å². The maximum absolute atomic E-state index is 13.2. The third kappa shape index (κ3) is 4.36. The van der Waals surface area contributed by atoms with Crippen molar-refractivity contribution in [3.63, 3.8) is 0 Å². The van der Waals surface area contributed by atoms with Crippen LogP contribution in [-0.2, 0) is 6.42 Å². The average molecular weight is 449 g/mol. The standard InChI is InChI=1S/C27H24N6O/c28-25-23(27(34)29-17-9-14-19-10-3-1-4-11-19)24-26(32-22-16-8-7-15-21(22)31-24)33(25)30-18-20-12-5-2-6-13-20/h1-8,10-13,15-16,18H,9,14,17,28H2,(H,29,34)/b30-18+. The Balaban J connectivity index is 1.47. The number of rotatable bonds is 7. The Morgan fingerprint density at radius 1 is 0.912 bits per heavy atom. The molecule has 3 N–H and O–H groups in total. The fraction of sp³-hybridized carbons (Fsp3) is 0.111. The van der Waals surface area contributed by atoms with Crippen molar-refractivity contribution in [2.75, 3.05) is 12.3 Å². The summed E-state index contributed by atoms with van der Waals surface area (Å²) >= 11 is 0. The molecule has 0 fully saturated rings. The Kier molecular flexibility index (Phi) is 5.99. The number of nitrogen functional groups attached to an aromatic ring is 1. The molecule has 0 atom stereocenters. The average Bonchev–Trinajstić information content (AvgIpc) is 3.15. The molecular weight excluding hydrogens is 424 g/mol. The number of amides is 1. The molecule has 0 aliphatic heterocycles. The summed E-state index contributed by atoms with van der Waals surface area (Å²) in [7, 11) is 0. The Bertz CT molecular complexity index is 1480. The SMILES string of the molecule is Nc1c(C(=O)NCCCc2ccccc2)c2nc3ccccc3nc2n1/N=C/c1ccccc1. The first-order valence-corrected chi connectivity index (χ1v) is 11.2. The molecule has 0 unspecified atom stereocenters. The molecule has 0 spiro atoms. The lowest BCUT2D eigenvalue weighted by atomic mass is 10.1. The van der Waals surface area contributed by atoms with Crippen molar-refractivity contribution in [1.29, 1.82) is 0 Å². The van der Waals surface area contributed by atoms with E-state index >= 15 is 0 Å². The zero-order chi connectivity index (χ0) is 23.3. The molecule has 0 bridgehead atoms. The summed E-state index contributed by atoms with van der Waals surface area (Å²) in [6.07, 6.45) is 3.38. The Hall–Kier alpha value is -4.52. The second-order valence-electron chi connectivity index (χ2n) is 7.96. The topological polar surface area (TPSA) is 98.2 Å². The number of fused-ring (bicyclic) bond motifs is 2. The van der Waals surface area contributed by atoms with E-state index in [0.717, 1.165) is 18.4 Å². The van der Waals surface area contributed by atoms with Crippen molar-refractivity contribution < 1.29 is 4.79 Å². The Morgan fingerprint density at radius 2 is 1.56 bits per heavy atom. The minimum Gasteiger partial charge on any atom is -0.383 e. The molecule has 1 amide bonds. The van der Waals surface area contributed by atoms with Gasteiger partial charge in [-0.3, -0.25) is 4.79 Å². The van der Waals surface area contributed by atoms with Crippen LogP contribution in [0.3, 0.4) is 0 Å². The van der Waals surface area contributed by atoms with Gasteiger partial charge < -0.3 is 11.1 Å². The zero-order valence-corrected chi connectivity index (χ0v) is 18.6. The predicted molar refractivity (Wildman–Crippen MR) is 136 cm³/mol. The first-order valence-electron chi connectivity index (χ1n) is 11.2. The highest BCUT2D eigenvalue weighted by molar-refractivity contribution is 6.10. The summed E-state index contributed by atoms with van der Waals surface area (Å²) in [6.45, 7) is 0.522. The van der Waals surface area contributed by atoms with Crippen molar-refractivity contribution in [2.24, 2.45) is 5.10 Å². The largest absolute Gasteiger partial charge is 0.383 e. The van der Waals surface area contributed by atoms with Gasteiger partial charge in [-0.1, -0.05) is 72.8 Å². The number of aromatic nitrogens is 3. The molecule has 2 aromatic heterocycles. The minimum absolute atomic E-state index is 0.207. The minimum atomic E-state index is -0.284. The highest BCUT2D eigenvalue weighted by Crippen LogP contribution is 2.27. The number of para-hydroxylation sites is 2. The van der Waals surface area contributed by atoms with Gasteiger partial charge in [0, 0.05) is 6.54 Å². The zero-order valence-electron chi connectivity index (χ0n) is 18.6. The van der Waals surface area contributed by atoms with E-state index in [4.69, 9.17) is 15.7 Å². The van der Waals surface area contributed by atoms with E-state index in [2.05, 4.69) is 22.6 Å². The number of benzene rings is 3. The summed E-state index contributed by atoms with van der Waals surface area (Å²) < 4.78 is 1.49. The number of aryl methyl sites for hydroxylation is 1. The van der Waals surface area contributed by atoms with Crippen LogP contribution in [-0.4, -0.2) is 33.3 Å². The van der Waals surface area contributed by atoms with Gasteiger partial charge >= 0.3 is 0 Å². The molecule has 7 heteroatoms. The number of nitrogens with zero attached hydrogens (tertiary/aromatic N) is 4. The molecule has 168 valence electrons. The van der Waals surface area contributed by atoms with Crippen molar-refractivity contribution in [3.05, 3.63) is 102 Å². The number of hydrogen-bond acceptors (Lipinski definition) is 5. The van der Waals surface area contributed by atoms with Gasteiger partial charge in [-0.25, -0.2) is 9.97 Å². The summed E-state index contributed by atoms with van der Waals surface area (Å²) in [5.74, 6) is -0.0770. The van der Waals surface area contributed by atoms with Gasteiger partial charge in [0.15, 0.2) is 5.65 Å². The number of anilines is 1. The van der Waals surface area contributed by atoms with E-state index < -0.39 is 0 Å². The molecule has 5 rings (SSSR count). The number of carbonyl (C=O) groups is 1. The normalized spacial score (nSPS) is 11.4. The van der Waals surface area contributed by atoms with Crippen LogP contribution < -0.4 is 11.1 Å². The molecule has 5 aromatic rings. The number of nitrogens with two attached hydrogens (primary N) is 1. The fourth-order valence-corrected chi connectivity index (χ4v) is 3.88. The second kappa shape index (κ2) is 9.54. The molecule has 0 aliphatic carbocycles. The number of nitrogens with one attached hydrogen (secondary N) is 1. The van der Waals surface area contributed by atoms with Gasteiger partial charge in [0.05, 0.1) is 17.2 Å². The van der Waals surface area contributed by atoms with E-state index in [1.54, 1.807) is 6.21 Å². The fourth-order valence-electron chi connectivity index (χ4n) is 3.88. The van der Waals surface area contributed by atoms with Gasteiger partial charge in [-0.05, 0) is 36.1 Å². The van der Waals surface area contributed by atoms with Crippen LogP contribution in [0.4, 0.5) is 5.82 Å². The number of carbonyl (C=O) groups excluding carboxylic acids is 1. The number of hydrogen-bond donors (Lipinski definition) is 2. The molecule has 0 saturated heterocycles. The first-order chi connectivity index (χ1) is 16.7. The van der Waals surface area contributed by atoms with Crippen LogP contribution in [0.5, 0.6) is 0 Å². The van der Waals surface area contributed by atoms with Gasteiger partial charge in [0.1, 0.15) is 16.9 Å². The van der Waals surface area contributed by atoms with Crippen LogP contribution >= 0.6 is 0 Å². The lowest BCUT2D eigenvalue weighted by Gasteiger charge is -2.06. The summed E-state index contributed by atoms with van der Waals surface area (Å²) in [6, 6.07) is 27.4. The third-order valence-electron chi connectivity index (χ3n) is 5.59. The van der Waals surface area contributed by atoms with Crippen LogP contribution in [0.1, 0.15) is 27.9 Å². The van der Waals surface area contributed by atoms with Gasteiger partial charge in [-0.15, -0.1) is 0 Å². The monoisotopic (exact) mass is 448 g/mol. The van der Waals surface area contributed by atoms with E-state index in [9.17, 15) is 4.79 Å². The van der Waals surface area contributed by atoms with Crippen molar-refractivity contribution in [1.82, 2.24) is 20.0 Å². The van der Waals surface area contributed by atoms with E-state index in [1.807, 2.05) is 72.8 Å². The quantitative estimate of drug-likeness (QED) is 0.285. The molecule has 0 aliphatic rings. The summed E-state index contributed by atoms with van der Waals surface area (Å²) in [5, 5.41) is 7.52. The van der Waals surface area contributed by atoms with Crippen LogP contribution in [0.15, 0.2) is 90.0 Å². The van der Waals surface area contributed by atoms with Gasteiger partial charge in [-0.2, -0.15) is 9.78 Å². The third-order valence-corrected chi connectivity index (χ3v) is 5.59. The lowest BCUT2D eigenvalue weighted by molar-refractivity contribution is 0.0955. The highest BCUT2D eigenvalue weighted by Gasteiger charge is 2.23. The summed E-state index contributed by atoms with van der Waals surface area (Å²) in [5.41, 5.74) is 11.2. The molecule has 2 heterocycles. The molecule has 3 aromatic carbocycles.